The van der Waals surface area contributed by atoms with Gasteiger partial charge in [0.15, 0.2) is 11.5 Å². The van der Waals surface area contributed by atoms with Gasteiger partial charge in [-0.2, -0.15) is 5.26 Å². The summed E-state index contributed by atoms with van der Waals surface area (Å²) in [6.07, 6.45) is 1.41. The molecule has 0 spiro atoms. The Labute approximate surface area is 207 Å². The van der Waals surface area contributed by atoms with E-state index in [0.717, 1.165) is 5.56 Å². The maximum Gasteiger partial charge on any atom is 0.271 e. The smallest absolute Gasteiger partial charge is 0.271 e. The molecule has 0 aliphatic heterocycles. The number of carbonyl (C=O) groups is 1. The minimum atomic E-state index is -0.687. The van der Waals surface area contributed by atoms with Gasteiger partial charge in [0.1, 0.15) is 18.2 Å². The average Bonchev–Trinajstić information content (AvgIpc) is 2.84. The molecule has 0 radical (unpaired) electrons. The number of halogens is 1. The third-order valence-corrected chi connectivity index (χ3v) is 5.33. The first-order valence-corrected chi connectivity index (χ1v) is 11.0. The van der Waals surface area contributed by atoms with Gasteiger partial charge < -0.3 is 14.8 Å². The van der Waals surface area contributed by atoms with Crippen LogP contribution < -0.4 is 14.8 Å². The lowest BCUT2D eigenvalue weighted by Crippen LogP contribution is -2.14. The molecule has 8 nitrogen and oxygen atoms in total. The van der Waals surface area contributed by atoms with Crippen molar-refractivity contribution in [2.45, 2.75) is 20.5 Å². The summed E-state index contributed by atoms with van der Waals surface area (Å²) in [5.74, 6) is 0.243. The molecular formula is C26H22ClN3O5. The SMILES string of the molecule is CCOc1cc(/C=C(\C#N)C(=O)Nc2cc([N+](=O)[O-])ccc2C)ccc1OCc1ccccc1Cl. The van der Waals surface area contributed by atoms with E-state index < -0.39 is 10.8 Å². The van der Waals surface area contributed by atoms with Crippen LogP contribution in [0.4, 0.5) is 11.4 Å². The summed E-state index contributed by atoms with van der Waals surface area (Å²) in [6, 6.07) is 18.4. The molecule has 0 unspecified atom stereocenters. The fraction of sp³-hybridized carbons (Fsp3) is 0.154. The Kier molecular flexibility index (Phi) is 8.43. The number of non-ortho nitro benzene ring substituents is 1. The number of aryl methyl sites for hydroxylation is 1. The predicted molar refractivity (Wildman–Crippen MR) is 133 cm³/mol. The molecule has 0 aliphatic carbocycles. The standard InChI is InChI=1S/C26H22ClN3O5/c1-3-34-25-13-18(9-11-24(25)35-16-19-6-4-5-7-22(19)27)12-20(15-28)26(31)29-23-14-21(30(32)33)10-8-17(23)2/h4-14H,3,16H2,1-2H3,(H,29,31)/b20-12+. The fourth-order valence-electron chi connectivity index (χ4n) is 3.14. The number of ether oxygens (including phenoxy) is 2. The third-order valence-electron chi connectivity index (χ3n) is 4.96. The molecule has 178 valence electrons. The first kappa shape index (κ1) is 25.3. The van der Waals surface area contributed by atoms with Gasteiger partial charge in [0.05, 0.1) is 17.2 Å². The van der Waals surface area contributed by atoms with Crippen molar-refractivity contribution in [3.63, 3.8) is 0 Å². The van der Waals surface area contributed by atoms with E-state index in [2.05, 4.69) is 5.32 Å². The molecule has 0 aliphatic rings. The number of hydrogen-bond donors (Lipinski definition) is 1. The molecule has 0 atom stereocenters. The van der Waals surface area contributed by atoms with Gasteiger partial charge in [0.2, 0.25) is 0 Å². The highest BCUT2D eigenvalue weighted by molar-refractivity contribution is 6.31. The van der Waals surface area contributed by atoms with E-state index in [1.807, 2.05) is 31.2 Å². The molecule has 0 fully saturated rings. The molecule has 0 saturated heterocycles. The van der Waals surface area contributed by atoms with E-state index >= 15 is 0 Å². The lowest BCUT2D eigenvalue weighted by molar-refractivity contribution is -0.384. The minimum absolute atomic E-state index is 0.165. The average molecular weight is 492 g/mol. The molecular weight excluding hydrogens is 470 g/mol. The molecule has 1 N–H and O–H groups in total. The second-order valence-electron chi connectivity index (χ2n) is 7.40. The Morgan fingerprint density at radius 1 is 1.14 bits per heavy atom. The highest BCUT2D eigenvalue weighted by Gasteiger charge is 2.15. The van der Waals surface area contributed by atoms with Crippen LogP contribution in [0, 0.1) is 28.4 Å². The minimum Gasteiger partial charge on any atom is -0.490 e. The quantitative estimate of drug-likeness (QED) is 0.168. The number of hydrogen-bond acceptors (Lipinski definition) is 6. The lowest BCUT2D eigenvalue weighted by atomic mass is 10.1. The molecule has 3 aromatic rings. The maximum absolute atomic E-state index is 12.7. The Balaban J connectivity index is 1.82. The van der Waals surface area contributed by atoms with E-state index in [1.165, 1.54) is 24.3 Å². The second-order valence-corrected chi connectivity index (χ2v) is 7.81. The zero-order valence-electron chi connectivity index (χ0n) is 19.1. The Morgan fingerprint density at radius 3 is 2.60 bits per heavy atom. The second kappa shape index (κ2) is 11.7. The summed E-state index contributed by atoms with van der Waals surface area (Å²) < 4.78 is 11.6. The Hall–Kier alpha value is -4.35. The van der Waals surface area contributed by atoms with Crippen LogP contribution in [0.2, 0.25) is 5.02 Å². The summed E-state index contributed by atoms with van der Waals surface area (Å²) in [7, 11) is 0. The molecule has 9 heteroatoms. The van der Waals surface area contributed by atoms with Crippen molar-refractivity contribution < 1.29 is 19.2 Å². The number of nitrogens with zero attached hydrogens (tertiary/aromatic N) is 2. The predicted octanol–water partition coefficient (Wildman–Crippen LogP) is 6.08. The number of nitriles is 1. The summed E-state index contributed by atoms with van der Waals surface area (Å²) in [5.41, 5.74) is 1.90. The number of benzene rings is 3. The van der Waals surface area contributed by atoms with Crippen LogP contribution in [-0.2, 0) is 11.4 Å². The van der Waals surface area contributed by atoms with Crippen molar-refractivity contribution in [1.29, 1.82) is 5.26 Å². The number of carbonyl (C=O) groups excluding carboxylic acids is 1. The summed E-state index contributed by atoms with van der Waals surface area (Å²) >= 11 is 6.19. The van der Waals surface area contributed by atoms with Crippen LogP contribution in [0.15, 0.2) is 66.2 Å². The van der Waals surface area contributed by atoms with Crippen LogP contribution in [-0.4, -0.2) is 17.4 Å². The van der Waals surface area contributed by atoms with E-state index in [9.17, 15) is 20.2 Å². The Morgan fingerprint density at radius 2 is 1.91 bits per heavy atom. The van der Waals surface area contributed by atoms with Crippen molar-refractivity contribution in [2.75, 3.05) is 11.9 Å². The van der Waals surface area contributed by atoms with E-state index in [0.29, 0.717) is 34.3 Å². The van der Waals surface area contributed by atoms with Crippen LogP contribution in [0.25, 0.3) is 6.08 Å². The zero-order chi connectivity index (χ0) is 25.4. The first-order valence-electron chi connectivity index (χ1n) is 10.6. The number of anilines is 1. The topological polar surface area (TPSA) is 114 Å². The van der Waals surface area contributed by atoms with Crippen molar-refractivity contribution in [2.24, 2.45) is 0 Å². The van der Waals surface area contributed by atoms with Crippen molar-refractivity contribution in [3.8, 4) is 17.6 Å². The number of rotatable bonds is 9. The molecule has 0 heterocycles. The van der Waals surface area contributed by atoms with Gasteiger partial charge in [-0.15, -0.1) is 0 Å². The number of amides is 1. The summed E-state index contributed by atoms with van der Waals surface area (Å²) in [6.45, 7) is 4.15. The summed E-state index contributed by atoms with van der Waals surface area (Å²) in [5, 5.41) is 23.8. The van der Waals surface area contributed by atoms with Gasteiger partial charge in [-0.3, -0.25) is 14.9 Å². The molecule has 0 aromatic heterocycles. The molecule has 0 bridgehead atoms. The number of nitro groups is 1. The molecule has 0 saturated carbocycles. The Bertz CT molecular complexity index is 1330. The lowest BCUT2D eigenvalue weighted by Gasteiger charge is -2.13. The van der Waals surface area contributed by atoms with Crippen LogP contribution in [0.5, 0.6) is 11.5 Å². The van der Waals surface area contributed by atoms with Gasteiger partial charge in [0.25, 0.3) is 11.6 Å². The van der Waals surface area contributed by atoms with Crippen LogP contribution in [0.1, 0.15) is 23.6 Å². The highest BCUT2D eigenvalue weighted by atomic mass is 35.5. The van der Waals surface area contributed by atoms with Crippen LogP contribution in [0.3, 0.4) is 0 Å². The largest absolute Gasteiger partial charge is 0.490 e. The first-order chi connectivity index (χ1) is 16.8. The van der Waals surface area contributed by atoms with Crippen molar-refractivity contribution in [3.05, 3.63) is 98.1 Å². The monoisotopic (exact) mass is 491 g/mol. The molecule has 35 heavy (non-hydrogen) atoms. The van der Waals surface area contributed by atoms with Crippen molar-refractivity contribution >= 4 is 35.0 Å². The van der Waals surface area contributed by atoms with Gasteiger partial charge >= 0.3 is 0 Å². The third kappa shape index (κ3) is 6.59. The van der Waals surface area contributed by atoms with E-state index in [4.69, 9.17) is 21.1 Å². The van der Waals surface area contributed by atoms with E-state index in [-0.39, 0.29) is 23.6 Å². The normalized spacial score (nSPS) is 10.9. The fourth-order valence-corrected chi connectivity index (χ4v) is 3.33. The van der Waals surface area contributed by atoms with Gasteiger partial charge in [-0.25, -0.2) is 0 Å². The van der Waals surface area contributed by atoms with Crippen molar-refractivity contribution in [1.82, 2.24) is 0 Å². The molecule has 1 amide bonds. The number of nitrogens with one attached hydrogen (secondary N) is 1. The van der Waals surface area contributed by atoms with E-state index in [1.54, 1.807) is 31.2 Å². The van der Waals surface area contributed by atoms with Crippen LogP contribution >= 0.6 is 11.6 Å². The van der Waals surface area contributed by atoms with Gasteiger partial charge in [0, 0.05) is 22.7 Å². The van der Waals surface area contributed by atoms with Gasteiger partial charge in [-0.1, -0.05) is 41.9 Å². The molecule has 3 aromatic carbocycles. The zero-order valence-corrected chi connectivity index (χ0v) is 19.8. The summed E-state index contributed by atoms with van der Waals surface area (Å²) in [4.78, 5) is 23.2. The number of nitro benzene ring substituents is 1. The van der Waals surface area contributed by atoms with Gasteiger partial charge in [-0.05, 0) is 49.2 Å². The maximum atomic E-state index is 12.7. The molecule has 3 rings (SSSR count). The highest BCUT2D eigenvalue weighted by Crippen LogP contribution is 2.31.